The van der Waals surface area contributed by atoms with Crippen molar-refractivity contribution in [1.82, 2.24) is 4.72 Å². The topological polar surface area (TPSA) is 107 Å². The van der Waals surface area contributed by atoms with Crippen LogP contribution in [0.2, 0.25) is 5.02 Å². The van der Waals surface area contributed by atoms with Crippen LogP contribution in [0.5, 0.6) is 11.5 Å². The maximum absolute atomic E-state index is 13.4. The number of rotatable bonds is 6. The Bertz CT molecular complexity index is 1230. The number of carbonyl (C=O) groups is 1. The van der Waals surface area contributed by atoms with Gasteiger partial charge >= 0.3 is 6.18 Å². The lowest BCUT2D eigenvalue weighted by molar-refractivity contribution is -0.137. The fraction of sp³-hybridized carbons (Fsp3) is 0.278. The van der Waals surface area contributed by atoms with Gasteiger partial charge in [0.25, 0.3) is 0 Å². The molecule has 0 radical (unpaired) electrons. The largest absolute Gasteiger partial charge is 0.456 e. The lowest BCUT2D eigenvalue weighted by Gasteiger charge is -2.18. The van der Waals surface area contributed by atoms with Crippen LogP contribution in [0, 0.1) is 0 Å². The highest BCUT2D eigenvalue weighted by Crippen LogP contribution is 2.38. The number of benzene rings is 2. The molecule has 0 bridgehead atoms. The van der Waals surface area contributed by atoms with Crippen LogP contribution in [0.3, 0.4) is 0 Å². The Morgan fingerprint density at radius 3 is 2.19 bits per heavy atom. The predicted octanol–water partition coefficient (Wildman–Crippen LogP) is 4.08. The van der Waals surface area contributed by atoms with E-state index in [1.807, 2.05) is 0 Å². The van der Waals surface area contributed by atoms with Crippen LogP contribution < -0.4 is 9.46 Å². The van der Waals surface area contributed by atoms with E-state index >= 15 is 0 Å². The molecule has 1 N–H and O–H groups in total. The molecule has 0 fully saturated rings. The number of carbonyl (C=O) groups excluding carboxylic acids is 1. The fourth-order valence-electron chi connectivity index (χ4n) is 2.47. The van der Waals surface area contributed by atoms with E-state index < -0.39 is 42.8 Å². The highest BCUT2D eigenvalue weighted by atomic mass is 35.5. The van der Waals surface area contributed by atoms with Gasteiger partial charge in [-0.2, -0.15) is 13.2 Å². The molecule has 0 aliphatic rings. The first-order valence-electron chi connectivity index (χ1n) is 8.42. The monoisotopic (exact) mass is 499 g/mol. The summed E-state index contributed by atoms with van der Waals surface area (Å²) in [5.41, 5.74) is -1.48. The van der Waals surface area contributed by atoms with Crippen LogP contribution in [-0.4, -0.2) is 29.0 Å². The quantitative estimate of drug-likeness (QED) is 0.641. The van der Waals surface area contributed by atoms with E-state index in [0.717, 1.165) is 44.4 Å². The predicted molar refractivity (Wildman–Crippen MR) is 107 cm³/mol. The van der Waals surface area contributed by atoms with Crippen LogP contribution in [0.1, 0.15) is 30.2 Å². The third kappa shape index (κ3) is 6.34. The van der Waals surface area contributed by atoms with E-state index in [-0.39, 0.29) is 27.0 Å². The van der Waals surface area contributed by atoms with E-state index in [0.29, 0.717) is 12.1 Å². The Kier molecular flexibility index (Phi) is 6.98. The molecule has 1 amide bonds. The van der Waals surface area contributed by atoms with Crippen molar-refractivity contribution in [3.63, 3.8) is 0 Å². The van der Waals surface area contributed by atoms with Crippen molar-refractivity contribution in [3.8, 4) is 11.5 Å². The molecule has 1 unspecified atom stereocenters. The molecule has 170 valence electrons. The summed E-state index contributed by atoms with van der Waals surface area (Å²) in [6, 6.07) is 5.73. The minimum absolute atomic E-state index is 0.121. The van der Waals surface area contributed by atoms with Gasteiger partial charge in [-0.3, -0.25) is 9.52 Å². The normalized spacial score (nSPS) is 13.5. The molecule has 1 atom stereocenters. The van der Waals surface area contributed by atoms with Crippen molar-refractivity contribution in [2.45, 2.75) is 30.2 Å². The second-order valence-corrected chi connectivity index (χ2v) is 11.0. The highest BCUT2D eigenvalue weighted by Gasteiger charge is 2.33. The molecule has 0 aliphatic carbocycles. The van der Waals surface area contributed by atoms with Crippen molar-refractivity contribution in [1.29, 1.82) is 0 Å². The Morgan fingerprint density at radius 1 is 1.10 bits per heavy atom. The Balaban J connectivity index is 2.54. The van der Waals surface area contributed by atoms with Crippen molar-refractivity contribution < 1.29 is 39.5 Å². The van der Waals surface area contributed by atoms with Crippen molar-refractivity contribution >= 4 is 37.4 Å². The molecule has 0 saturated heterocycles. The molecule has 0 saturated carbocycles. The van der Waals surface area contributed by atoms with Gasteiger partial charge in [0.05, 0.1) is 15.5 Å². The lowest BCUT2D eigenvalue weighted by atomic mass is 10.1. The summed E-state index contributed by atoms with van der Waals surface area (Å²) < 4.78 is 94.8. The zero-order valence-electron chi connectivity index (χ0n) is 16.3. The third-order valence-corrected chi connectivity index (χ3v) is 7.22. The third-order valence-electron chi connectivity index (χ3n) is 4.04. The maximum atomic E-state index is 13.4. The molecule has 31 heavy (non-hydrogen) atoms. The standard InChI is InChI=1S/C18H17ClF3NO6S2/c1-10(31(27,28)23-11(2)24)12-6-13(18(20,21)22)8-14(7-12)29-17-5-4-15(9-16(17)19)30(3,25)26/h4-10H,1-3H3,(H,23,24). The molecular formula is C18H17ClF3NO6S2. The molecule has 2 rings (SSSR count). The molecule has 0 aromatic heterocycles. The summed E-state index contributed by atoms with van der Waals surface area (Å²) in [7, 11) is -7.89. The summed E-state index contributed by atoms with van der Waals surface area (Å²) in [5, 5.41) is -1.70. The first-order valence-corrected chi connectivity index (χ1v) is 12.2. The summed E-state index contributed by atoms with van der Waals surface area (Å²) >= 11 is 5.99. The Hall–Kier alpha value is -2.31. The summed E-state index contributed by atoms with van der Waals surface area (Å²) in [4.78, 5) is 11.0. The molecular weight excluding hydrogens is 483 g/mol. The average molecular weight is 500 g/mol. The second kappa shape index (κ2) is 8.67. The molecule has 7 nitrogen and oxygen atoms in total. The second-order valence-electron chi connectivity index (χ2n) is 6.60. The van der Waals surface area contributed by atoms with Gasteiger partial charge in [-0.15, -0.1) is 0 Å². The molecule has 2 aromatic carbocycles. The van der Waals surface area contributed by atoms with Gasteiger partial charge in [0.1, 0.15) is 16.7 Å². The van der Waals surface area contributed by atoms with Crippen LogP contribution in [0.25, 0.3) is 0 Å². The van der Waals surface area contributed by atoms with Crippen LogP contribution >= 0.6 is 11.6 Å². The van der Waals surface area contributed by atoms with Gasteiger partial charge in [-0.1, -0.05) is 11.6 Å². The van der Waals surface area contributed by atoms with Gasteiger partial charge in [0, 0.05) is 13.2 Å². The maximum Gasteiger partial charge on any atom is 0.416 e. The fourth-order valence-corrected chi connectivity index (χ4v) is 4.47. The first-order chi connectivity index (χ1) is 14.0. The minimum atomic E-state index is -4.82. The number of hydrogen-bond donors (Lipinski definition) is 1. The molecule has 0 aliphatic heterocycles. The zero-order chi connectivity index (χ0) is 23.8. The minimum Gasteiger partial charge on any atom is -0.456 e. The van der Waals surface area contributed by atoms with E-state index in [4.69, 9.17) is 16.3 Å². The number of halogens is 4. The Labute approximate surface area is 182 Å². The first kappa shape index (κ1) is 25.0. The van der Waals surface area contributed by atoms with E-state index in [2.05, 4.69) is 0 Å². The molecule has 0 heterocycles. The summed E-state index contributed by atoms with van der Waals surface area (Å²) in [6.07, 6.45) is -3.87. The molecule has 0 spiro atoms. The van der Waals surface area contributed by atoms with Crippen LogP contribution in [0.4, 0.5) is 13.2 Å². The van der Waals surface area contributed by atoms with Crippen molar-refractivity contribution in [3.05, 3.63) is 52.5 Å². The van der Waals surface area contributed by atoms with Gasteiger partial charge in [0.2, 0.25) is 15.9 Å². The summed E-state index contributed by atoms with van der Waals surface area (Å²) in [5.74, 6) is -1.42. The Morgan fingerprint density at radius 2 is 1.71 bits per heavy atom. The number of sulfone groups is 1. The number of amides is 1. The van der Waals surface area contributed by atoms with Crippen molar-refractivity contribution in [2.24, 2.45) is 0 Å². The number of nitrogens with one attached hydrogen (secondary N) is 1. The van der Waals surface area contributed by atoms with Crippen LogP contribution in [-0.2, 0) is 30.8 Å². The number of ether oxygens (including phenoxy) is 1. The van der Waals surface area contributed by atoms with Gasteiger partial charge in [-0.25, -0.2) is 16.8 Å². The van der Waals surface area contributed by atoms with Gasteiger partial charge < -0.3 is 4.74 Å². The molecule has 2 aromatic rings. The SMILES string of the molecule is CC(=O)NS(=O)(=O)C(C)c1cc(Oc2ccc(S(C)(=O)=O)cc2Cl)cc(C(F)(F)F)c1. The number of sulfonamides is 1. The zero-order valence-corrected chi connectivity index (χ0v) is 18.7. The van der Waals surface area contributed by atoms with Crippen LogP contribution in [0.15, 0.2) is 41.3 Å². The average Bonchev–Trinajstić information content (AvgIpc) is 2.59. The summed E-state index contributed by atoms with van der Waals surface area (Å²) in [6.45, 7) is 2.06. The van der Waals surface area contributed by atoms with E-state index in [1.54, 1.807) is 4.72 Å². The van der Waals surface area contributed by atoms with E-state index in [9.17, 15) is 34.8 Å². The van der Waals surface area contributed by atoms with Gasteiger partial charge in [0.15, 0.2) is 9.84 Å². The lowest BCUT2D eigenvalue weighted by Crippen LogP contribution is -2.31. The number of alkyl halides is 3. The van der Waals surface area contributed by atoms with Gasteiger partial charge in [-0.05, 0) is 48.9 Å². The smallest absolute Gasteiger partial charge is 0.416 e. The number of hydrogen-bond acceptors (Lipinski definition) is 6. The molecule has 13 heteroatoms. The van der Waals surface area contributed by atoms with Crippen molar-refractivity contribution in [2.75, 3.05) is 6.26 Å². The van der Waals surface area contributed by atoms with E-state index in [1.165, 1.54) is 0 Å². The highest BCUT2D eigenvalue weighted by molar-refractivity contribution is 7.90.